The van der Waals surface area contributed by atoms with Gasteiger partial charge in [-0.2, -0.15) is 0 Å². The summed E-state index contributed by atoms with van der Waals surface area (Å²) in [6, 6.07) is 27.0. The van der Waals surface area contributed by atoms with Gasteiger partial charge in [0.15, 0.2) is 0 Å². The summed E-state index contributed by atoms with van der Waals surface area (Å²) in [5.74, 6) is -0.286. The summed E-state index contributed by atoms with van der Waals surface area (Å²) in [4.78, 5) is 33.2. The Labute approximate surface area is 212 Å². The van der Waals surface area contributed by atoms with Crippen molar-refractivity contribution in [2.24, 2.45) is 0 Å². The molecule has 1 aliphatic heterocycles. The van der Waals surface area contributed by atoms with Crippen LogP contribution in [-0.4, -0.2) is 40.6 Å². The Balaban J connectivity index is 1.30. The van der Waals surface area contributed by atoms with E-state index in [9.17, 15) is 9.59 Å². The molecule has 0 unspecified atom stereocenters. The molecule has 0 saturated carbocycles. The fraction of sp³-hybridized carbons (Fsp3) is 0. The van der Waals surface area contributed by atoms with E-state index in [1.807, 2.05) is 18.2 Å². The van der Waals surface area contributed by atoms with Crippen LogP contribution in [0.2, 0.25) is 0 Å². The molecule has 0 N–H and O–H groups in total. The number of fused-ring (bicyclic) bond motifs is 4. The van der Waals surface area contributed by atoms with E-state index in [0.29, 0.717) is 16.7 Å². The predicted molar refractivity (Wildman–Crippen MR) is 140 cm³/mol. The molecule has 34 heavy (non-hydrogen) atoms. The summed E-state index contributed by atoms with van der Waals surface area (Å²) in [5.41, 5.74) is 3.76. The quantitative estimate of drug-likeness (QED) is 0.135. The topological polar surface area (TPSA) is 37.4 Å². The van der Waals surface area contributed by atoms with Gasteiger partial charge in [-0.1, -0.05) is 0 Å². The van der Waals surface area contributed by atoms with Gasteiger partial charge in [-0.15, -0.1) is 0 Å². The summed E-state index contributed by atoms with van der Waals surface area (Å²) in [6.07, 6.45) is 1.83. The second kappa shape index (κ2) is 7.84. The van der Waals surface area contributed by atoms with Crippen LogP contribution in [0.1, 0.15) is 25.2 Å². The molecule has 7 rings (SSSR count). The summed E-state index contributed by atoms with van der Waals surface area (Å²) in [6.45, 7) is 0. The van der Waals surface area contributed by atoms with Crippen molar-refractivity contribution in [3.05, 3.63) is 105 Å². The number of anilines is 3. The number of benzene rings is 3. The van der Waals surface area contributed by atoms with Crippen LogP contribution in [0.25, 0.3) is 15.7 Å². The molecule has 3 nitrogen and oxygen atoms in total. The number of Topliss-reactive ketones (excluding diaryl/α,β-unsaturated/α-hetero) is 2. The molecule has 3 heterocycles. The van der Waals surface area contributed by atoms with Crippen LogP contribution in [0.4, 0.5) is 15.9 Å². The average Bonchev–Trinajstić information content (AvgIpc) is 3.57. The SMILES string of the molecule is O=C1/C(=C\c2ccc(N3c4ccccc4Sc4ccccc43)[se]2)C(=O)c2cc3[se]ccc3cc21. The second-order valence-corrected chi connectivity index (χ2v) is 13.5. The molecule has 2 aromatic heterocycles. The van der Waals surface area contributed by atoms with Gasteiger partial charge in [-0.05, 0) is 0 Å². The predicted octanol–water partition coefficient (Wildman–Crippen LogP) is 6.35. The molecule has 0 fully saturated rings. The number of rotatable bonds is 2. The van der Waals surface area contributed by atoms with Crippen molar-refractivity contribution in [2.45, 2.75) is 9.79 Å². The fourth-order valence-corrected chi connectivity index (χ4v) is 9.34. The first-order valence-electron chi connectivity index (χ1n) is 10.8. The van der Waals surface area contributed by atoms with Crippen molar-refractivity contribution in [3.8, 4) is 0 Å². The molecule has 6 heteroatoms. The maximum atomic E-state index is 13.2. The van der Waals surface area contributed by atoms with E-state index in [2.05, 4.69) is 76.6 Å². The van der Waals surface area contributed by atoms with E-state index in [1.54, 1.807) is 11.8 Å². The van der Waals surface area contributed by atoms with Gasteiger partial charge in [-0.3, -0.25) is 0 Å². The first kappa shape index (κ1) is 20.5. The molecular weight excluding hydrogens is 572 g/mol. The number of nitrogens with zero attached hydrogens (tertiary/aromatic N) is 1. The van der Waals surface area contributed by atoms with E-state index in [-0.39, 0.29) is 40.6 Å². The first-order chi connectivity index (χ1) is 16.7. The summed E-state index contributed by atoms with van der Waals surface area (Å²) in [5, 5.41) is 1.08. The molecule has 0 atom stereocenters. The van der Waals surface area contributed by atoms with E-state index in [4.69, 9.17) is 0 Å². The molecule has 0 radical (unpaired) electrons. The number of carbonyl (C=O) groups is 2. The van der Waals surface area contributed by atoms with E-state index in [1.165, 1.54) is 30.0 Å². The maximum absolute atomic E-state index is 13.2. The van der Waals surface area contributed by atoms with Gasteiger partial charge in [0, 0.05) is 0 Å². The Morgan fingerprint density at radius 1 is 0.765 bits per heavy atom. The average molecular weight is 587 g/mol. The Bertz CT molecular complexity index is 1600. The number of hydrogen-bond donors (Lipinski definition) is 0. The monoisotopic (exact) mass is 589 g/mol. The van der Waals surface area contributed by atoms with Gasteiger partial charge in [0.25, 0.3) is 0 Å². The first-order valence-corrected chi connectivity index (χ1v) is 15.1. The number of para-hydroxylation sites is 2. The standard InChI is InChI=1S/C28H15NO2SSe2/c30-27-18-13-16-11-12-33-25(16)15-19(18)28(31)20(27)14-17-9-10-26(34-17)29-21-5-1-3-7-23(21)32-24-8-4-2-6-22(24)29/h1-15H/b20-14+. The third kappa shape index (κ3) is 3.11. The third-order valence-electron chi connectivity index (χ3n) is 6.12. The van der Waals surface area contributed by atoms with Crippen LogP contribution >= 0.6 is 11.8 Å². The van der Waals surface area contributed by atoms with Crippen LogP contribution in [0.15, 0.2) is 99.2 Å². The number of hydrogen-bond acceptors (Lipinski definition) is 4. The summed E-state index contributed by atoms with van der Waals surface area (Å²) < 4.78 is 3.42. The van der Waals surface area contributed by atoms with Crippen molar-refractivity contribution < 1.29 is 9.59 Å². The summed E-state index contributed by atoms with van der Waals surface area (Å²) >= 11 is 2.01. The van der Waals surface area contributed by atoms with Crippen molar-refractivity contribution in [1.29, 1.82) is 0 Å². The molecular formula is C28H15NO2SSe2. The minimum absolute atomic E-state index is 0.0296. The Morgan fingerprint density at radius 2 is 1.44 bits per heavy atom. The van der Waals surface area contributed by atoms with Crippen LogP contribution < -0.4 is 4.90 Å². The normalized spacial score (nSPS) is 15.6. The van der Waals surface area contributed by atoms with Gasteiger partial charge in [0.1, 0.15) is 0 Å². The van der Waals surface area contributed by atoms with Crippen LogP contribution in [0, 0.1) is 0 Å². The van der Waals surface area contributed by atoms with E-state index >= 15 is 0 Å². The van der Waals surface area contributed by atoms with Crippen molar-refractivity contribution in [2.75, 3.05) is 4.90 Å². The van der Waals surface area contributed by atoms with Gasteiger partial charge in [0.05, 0.1) is 0 Å². The zero-order valence-electron chi connectivity index (χ0n) is 17.6. The second-order valence-electron chi connectivity index (χ2n) is 8.12. The van der Waals surface area contributed by atoms with E-state index in [0.717, 1.165) is 9.82 Å². The van der Waals surface area contributed by atoms with Crippen LogP contribution in [0.5, 0.6) is 0 Å². The number of ketones is 2. The van der Waals surface area contributed by atoms with Crippen molar-refractivity contribution in [3.63, 3.8) is 0 Å². The molecule has 0 amide bonds. The zero-order chi connectivity index (χ0) is 22.8. The minimum atomic E-state index is -0.147. The molecule has 162 valence electrons. The van der Waals surface area contributed by atoms with Gasteiger partial charge in [0.2, 0.25) is 0 Å². The molecule has 0 bridgehead atoms. The molecule has 3 aromatic carbocycles. The molecule has 1 aliphatic carbocycles. The zero-order valence-corrected chi connectivity index (χ0v) is 21.9. The van der Waals surface area contributed by atoms with Crippen LogP contribution in [-0.2, 0) is 0 Å². The Kier molecular flexibility index (Phi) is 4.73. The summed E-state index contributed by atoms with van der Waals surface area (Å²) in [7, 11) is 0. The van der Waals surface area contributed by atoms with E-state index < -0.39 is 0 Å². The number of carbonyl (C=O) groups excluding carboxylic acids is 2. The Morgan fingerprint density at radius 3 is 2.18 bits per heavy atom. The van der Waals surface area contributed by atoms with Crippen molar-refractivity contribution in [1.82, 2.24) is 0 Å². The van der Waals surface area contributed by atoms with Gasteiger partial charge in [-0.25, -0.2) is 0 Å². The molecule has 2 aliphatic rings. The third-order valence-corrected chi connectivity index (χ3v) is 11.2. The molecule has 0 saturated heterocycles. The fourth-order valence-electron chi connectivity index (χ4n) is 4.53. The van der Waals surface area contributed by atoms with Gasteiger partial charge < -0.3 is 0 Å². The number of allylic oxidation sites excluding steroid dienone is 1. The molecule has 0 spiro atoms. The molecule has 5 aromatic rings. The Hall–Kier alpha value is -2.85. The van der Waals surface area contributed by atoms with Crippen molar-refractivity contribution >= 4 is 84.0 Å². The van der Waals surface area contributed by atoms with Crippen LogP contribution in [0.3, 0.4) is 0 Å². The van der Waals surface area contributed by atoms with Gasteiger partial charge >= 0.3 is 213 Å².